The summed E-state index contributed by atoms with van der Waals surface area (Å²) in [5, 5.41) is 3.87. The van der Waals surface area contributed by atoms with Crippen molar-refractivity contribution < 1.29 is 18.0 Å². The number of carbonyl (C=O) groups is 1. The molecule has 4 nitrogen and oxygen atoms in total. The van der Waals surface area contributed by atoms with Crippen molar-refractivity contribution in [1.82, 2.24) is 10.3 Å². The number of aromatic nitrogens is 1. The molecule has 22 heavy (non-hydrogen) atoms. The van der Waals surface area contributed by atoms with Gasteiger partial charge in [0.1, 0.15) is 5.82 Å². The van der Waals surface area contributed by atoms with Gasteiger partial charge in [0.05, 0.1) is 21.3 Å². The highest BCUT2D eigenvalue weighted by Gasteiger charge is 2.35. The molecule has 0 aliphatic carbocycles. The molecule has 0 bridgehead atoms. The Labute approximate surface area is 128 Å². The van der Waals surface area contributed by atoms with Crippen LogP contribution in [-0.2, 0) is 6.18 Å². The molecular formula is C14H14F3N3OS. The average Bonchev–Trinajstić information content (AvgIpc) is 3.13. The van der Waals surface area contributed by atoms with Crippen LogP contribution in [0.15, 0.2) is 11.4 Å². The molecule has 1 N–H and O–H groups in total. The predicted molar refractivity (Wildman–Crippen MR) is 79.5 cm³/mol. The number of pyridine rings is 1. The van der Waals surface area contributed by atoms with E-state index in [1.807, 2.05) is 4.90 Å². The standard InChI is InChI=1S/C14H14F3N3OS/c1-18-13(21)8-7-22-12-9(14(15,16)17)6-10(19-11(8)12)20-4-2-3-5-20/h6-7H,2-5H2,1H3,(H,18,21). The average molecular weight is 329 g/mol. The maximum absolute atomic E-state index is 13.3. The summed E-state index contributed by atoms with van der Waals surface area (Å²) in [6.45, 7) is 1.38. The van der Waals surface area contributed by atoms with Crippen molar-refractivity contribution in [2.45, 2.75) is 19.0 Å². The lowest BCUT2D eigenvalue weighted by Crippen LogP contribution is -2.21. The molecule has 0 atom stereocenters. The Morgan fingerprint density at radius 1 is 1.36 bits per heavy atom. The fourth-order valence-corrected chi connectivity index (χ4v) is 3.63. The highest BCUT2D eigenvalue weighted by Crippen LogP contribution is 2.40. The second kappa shape index (κ2) is 5.42. The van der Waals surface area contributed by atoms with Crippen LogP contribution in [0.25, 0.3) is 10.2 Å². The Hall–Kier alpha value is -1.83. The lowest BCUT2D eigenvalue weighted by atomic mass is 10.1. The van der Waals surface area contributed by atoms with Gasteiger partial charge in [0.25, 0.3) is 5.91 Å². The first-order valence-electron chi connectivity index (χ1n) is 6.88. The first-order valence-corrected chi connectivity index (χ1v) is 7.76. The van der Waals surface area contributed by atoms with Gasteiger partial charge in [-0.2, -0.15) is 13.2 Å². The quantitative estimate of drug-likeness (QED) is 0.920. The zero-order valence-electron chi connectivity index (χ0n) is 11.8. The first-order chi connectivity index (χ1) is 10.4. The lowest BCUT2D eigenvalue weighted by molar-refractivity contribution is -0.136. The lowest BCUT2D eigenvalue weighted by Gasteiger charge is -2.18. The van der Waals surface area contributed by atoms with Crippen molar-refractivity contribution in [3.05, 3.63) is 22.6 Å². The smallest absolute Gasteiger partial charge is 0.357 e. The fraction of sp³-hybridized carbons (Fsp3) is 0.429. The van der Waals surface area contributed by atoms with Crippen LogP contribution in [0.5, 0.6) is 0 Å². The molecule has 0 spiro atoms. The zero-order valence-corrected chi connectivity index (χ0v) is 12.6. The Balaban J connectivity index is 2.23. The Morgan fingerprint density at radius 2 is 2.05 bits per heavy atom. The van der Waals surface area contributed by atoms with Crippen molar-refractivity contribution in [2.24, 2.45) is 0 Å². The summed E-state index contributed by atoms with van der Waals surface area (Å²) < 4.78 is 40.0. The van der Waals surface area contributed by atoms with E-state index in [-0.39, 0.29) is 15.8 Å². The third-order valence-corrected chi connectivity index (χ3v) is 4.72. The number of rotatable bonds is 2. The summed E-state index contributed by atoms with van der Waals surface area (Å²) in [6, 6.07) is 1.10. The van der Waals surface area contributed by atoms with Crippen LogP contribution in [0.2, 0.25) is 0 Å². The summed E-state index contributed by atoms with van der Waals surface area (Å²) in [4.78, 5) is 18.0. The maximum Gasteiger partial charge on any atom is 0.417 e. The van der Waals surface area contributed by atoms with Crippen molar-refractivity contribution in [2.75, 3.05) is 25.0 Å². The van der Waals surface area contributed by atoms with Gasteiger partial charge in [-0.3, -0.25) is 4.79 Å². The topological polar surface area (TPSA) is 45.2 Å². The summed E-state index contributed by atoms with van der Waals surface area (Å²) in [7, 11) is 1.45. The van der Waals surface area contributed by atoms with E-state index in [0.29, 0.717) is 18.9 Å². The Kier molecular flexibility index (Phi) is 3.72. The number of fused-ring (bicyclic) bond motifs is 1. The molecule has 0 unspecified atom stereocenters. The van der Waals surface area contributed by atoms with E-state index in [1.54, 1.807) is 0 Å². The van der Waals surface area contributed by atoms with Crippen molar-refractivity contribution in [3.63, 3.8) is 0 Å². The monoisotopic (exact) mass is 329 g/mol. The molecule has 0 radical (unpaired) electrons. The maximum atomic E-state index is 13.3. The van der Waals surface area contributed by atoms with Crippen molar-refractivity contribution in [3.8, 4) is 0 Å². The van der Waals surface area contributed by atoms with Gasteiger partial charge in [0.2, 0.25) is 0 Å². The minimum atomic E-state index is -4.47. The van der Waals surface area contributed by atoms with E-state index in [0.717, 1.165) is 30.2 Å². The molecule has 2 aromatic rings. The van der Waals surface area contributed by atoms with Crippen LogP contribution in [0.3, 0.4) is 0 Å². The van der Waals surface area contributed by atoms with Crippen LogP contribution in [0.1, 0.15) is 28.8 Å². The molecule has 3 rings (SSSR count). The van der Waals surface area contributed by atoms with Gasteiger partial charge in [-0.25, -0.2) is 4.98 Å². The largest absolute Gasteiger partial charge is 0.417 e. The zero-order chi connectivity index (χ0) is 15.9. The van der Waals surface area contributed by atoms with E-state index in [1.165, 1.54) is 12.4 Å². The highest BCUT2D eigenvalue weighted by molar-refractivity contribution is 7.17. The van der Waals surface area contributed by atoms with Gasteiger partial charge in [-0.05, 0) is 18.9 Å². The van der Waals surface area contributed by atoms with E-state index in [4.69, 9.17) is 0 Å². The molecule has 0 aromatic carbocycles. The van der Waals surface area contributed by atoms with Crippen LogP contribution < -0.4 is 10.2 Å². The first kappa shape index (κ1) is 15.1. The summed E-state index contributed by atoms with van der Waals surface area (Å²) in [5.74, 6) is -0.133. The van der Waals surface area contributed by atoms with Crippen LogP contribution in [0.4, 0.5) is 19.0 Å². The number of hydrogen-bond acceptors (Lipinski definition) is 4. The molecule has 118 valence electrons. The number of alkyl halides is 3. The molecule has 0 saturated carbocycles. The van der Waals surface area contributed by atoms with Crippen LogP contribution >= 0.6 is 11.3 Å². The number of anilines is 1. The predicted octanol–water partition coefficient (Wildman–Crippen LogP) is 3.27. The molecular weight excluding hydrogens is 315 g/mol. The third-order valence-electron chi connectivity index (χ3n) is 3.72. The molecule has 1 amide bonds. The molecule has 2 aromatic heterocycles. The number of amides is 1. The molecule has 1 aliphatic rings. The third kappa shape index (κ3) is 2.51. The number of nitrogens with one attached hydrogen (secondary N) is 1. The molecule has 3 heterocycles. The number of hydrogen-bond donors (Lipinski definition) is 1. The second-order valence-corrected chi connectivity index (χ2v) is 6.01. The number of carbonyl (C=O) groups excluding carboxylic acids is 1. The minimum Gasteiger partial charge on any atom is -0.357 e. The summed E-state index contributed by atoms with van der Waals surface area (Å²) in [5.41, 5.74) is -0.408. The van der Waals surface area contributed by atoms with E-state index < -0.39 is 17.6 Å². The fourth-order valence-electron chi connectivity index (χ4n) is 2.61. The second-order valence-electron chi connectivity index (χ2n) is 5.13. The van der Waals surface area contributed by atoms with Crippen molar-refractivity contribution >= 4 is 33.3 Å². The molecule has 8 heteroatoms. The number of halogens is 3. The van der Waals surface area contributed by atoms with Crippen LogP contribution in [-0.4, -0.2) is 31.0 Å². The molecule has 1 fully saturated rings. The van der Waals surface area contributed by atoms with Gasteiger partial charge in [-0.1, -0.05) is 0 Å². The number of thiophene rings is 1. The van der Waals surface area contributed by atoms with Crippen LogP contribution in [0, 0.1) is 0 Å². The molecule has 1 aliphatic heterocycles. The molecule has 1 saturated heterocycles. The SMILES string of the molecule is CNC(=O)c1csc2c(C(F)(F)F)cc(N3CCCC3)nc12. The Morgan fingerprint density at radius 3 is 2.64 bits per heavy atom. The Bertz CT molecular complexity index is 720. The van der Waals surface area contributed by atoms with Crippen molar-refractivity contribution in [1.29, 1.82) is 0 Å². The number of nitrogens with zero attached hydrogens (tertiary/aromatic N) is 2. The summed E-state index contributed by atoms with van der Waals surface area (Å²) in [6.07, 6.45) is -2.60. The summed E-state index contributed by atoms with van der Waals surface area (Å²) >= 11 is 0.901. The highest BCUT2D eigenvalue weighted by atomic mass is 32.1. The van der Waals surface area contributed by atoms with Gasteiger partial charge >= 0.3 is 6.18 Å². The van der Waals surface area contributed by atoms with Gasteiger partial charge < -0.3 is 10.2 Å². The van der Waals surface area contributed by atoms with E-state index in [9.17, 15) is 18.0 Å². The van der Waals surface area contributed by atoms with Gasteiger partial charge in [0.15, 0.2) is 0 Å². The van der Waals surface area contributed by atoms with E-state index in [2.05, 4.69) is 10.3 Å². The minimum absolute atomic E-state index is 0.00838. The van der Waals surface area contributed by atoms with Gasteiger partial charge in [0, 0.05) is 25.5 Å². The van der Waals surface area contributed by atoms with E-state index >= 15 is 0 Å². The normalized spacial score (nSPS) is 15.5. The van der Waals surface area contributed by atoms with Gasteiger partial charge in [-0.15, -0.1) is 11.3 Å².